The topological polar surface area (TPSA) is 120 Å². The number of carbonyl (C=O) groups is 1. The number of hydrogen-bond acceptors (Lipinski definition) is 6. The predicted molar refractivity (Wildman–Crippen MR) is 125 cm³/mol. The molecule has 1 fully saturated rings. The van der Waals surface area contributed by atoms with Gasteiger partial charge >= 0.3 is 6.18 Å². The zero-order chi connectivity index (χ0) is 24.7. The van der Waals surface area contributed by atoms with Gasteiger partial charge in [-0.1, -0.05) is 0 Å². The molecule has 0 saturated heterocycles. The SMILES string of the molecule is C=O.Nc1c[nH]c2ncc(-c3ccc(OCC4CC4)nc3)cc12.Nc1ccc(C(F)(F)F)cc1. The van der Waals surface area contributed by atoms with Gasteiger partial charge in [-0.05, 0) is 55.2 Å². The minimum absolute atomic E-state index is 0.331. The Morgan fingerprint density at radius 2 is 1.68 bits per heavy atom. The fourth-order valence-electron chi connectivity index (χ4n) is 2.98. The number of nitrogen functional groups attached to an aromatic ring is 2. The van der Waals surface area contributed by atoms with Crippen molar-refractivity contribution in [2.75, 3.05) is 18.1 Å². The molecule has 0 unspecified atom stereocenters. The van der Waals surface area contributed by atoms with Crippen LogP contribution in [0.2, 0.25) is 0 Å². The summed E-state index contributed by atoms with van der Waals surface area (Å²) >= 11 is 0. The van der Waals surface area contributed by atoms with E-state index in [2.05, 4.69) is 15.0 Å². The number of alkyl halides is 3. The first-order chi connectivity index (χ1) is 16.3. The number of rotatable bonds is 4. The maximum absolute atomic E-state index is 11.9. The molecule has 0 bridgehead atoms. The summed E-state index contributed by atoms with van der Waals surface area (Å²) in [5.74, 6) is 1.41. The van der Waals surface area contributed by atoms with Crippen LogP contribution in [0.1, 0.15) is 18.4 Å². The lowest BCUT2D eigenvalue weighted by molar-refractivity contribution is -0.137. The van der Waals surface area contributed by atoms with Crippen LogP contribution in [0.4, 0.5) is 24.5 Å². The summed E-state index contributed by atoms with van der Waals surface area (Å²) < 4.78 is 41.3. The number of pyridine rings is 2. The van der Waals surface area contributed by atoms with Crippen molar-refractivity contribution >= 4 is 29.2 Å². The van der Waals surface area contributed by atoms with Gasteiger partial charge in [0.15, 0.2) is 0 Å². The largest absolute Gasteiger partial charge is 0.477 e. The maximum atomic E-state index is 11.9. The molecule has 0 amide bonds. The van der Waals surface area contributed by atoms with E-state index >= 15 is 0 Å². The van der Waals surface area contributed by atoms with E-state index in [1.165, 1.54) is 25.0 Å². The summed E-state index contributed by atoms with van der Waals surface area (Å²) in [7, 11) is 0. The molecule has 3 aromatic heterocycles. The van der Waals surface area contributed by atoms with Gasteiger partial charge in [-0.15, -0.1) is 0 Å². The molecule has 0 aliphatic heterocycles. The molecule has 0 spiro atoms. The standard InChI is InChI=1S/C16H16N4O.C7H6F3N.CH2O/c17-14-8-20-16-13(14)5-12(7-19-16)11-3-4-15(18-6-11)21-9-10-1-2-10;8-7(9,10)5-1-3-6(11)4-2-5;1-2/h3-8,10H,1-2,9,17H2,(H,19,20);1-4H,11H2;1H2. The van der Waals surface area contributed by atoms with Gasteiger partial charge in [-0.3, -0.25) is 0 Å². The summed E-state index contributed by atoms with van der Waals surface area (Å²) in [6.07, 6.45) is 3.68. The molecule has 1 aromatic carbocycles. The van der Waals surface area contributed by atoms with E-state index < -0.39 is 11.7 Å². The van der Waals surface area contributed by atoms with E-state index in [0.29, 0.717) is 17.3 Å². The first-order valence-corrected chi connectivity index (χ1v) is 10.3. The highest BCUT2D eigenvalue weighted by Crippen LogP contribution is 2.30. The highest BCUT2D eigenvalue weighted by molar-refractivity contribution is 5.91. The fraction of sp³-hybridized carbons (Fsp3) is 0.208. The first kappa shape index (κ1) is 24.6. The van der Waals surface area contributed by atoms with Crippen LogP contribution in [-0.2, 0) is 11.0 Å². The highest BCUT2D eigenvalue weighted by Gasteiger charge is 2.29. The second-order valence-corrected chi connectivity index (χ2v) is 7.62. The van der Waals surface area contributed by atoms with Crippen molar-refractivity contribution in [1.82, 2.24) is 15.0 Å². The Hall–Kier alpha value is -4.08. The Morgan fingerprint density at radius 3 is 2.26 bits per heavy atom. The van der Waals surface area contributed by atoms with Crippen LogP contribution in [0, 0.1) is 5.92 Å². The molecule has 0 radical (unpaired) electrons. The van der Waals surface area contributed by atoms with Crippen LogP contribution in [0.25, 0.3) is 22.2 Å². The number of halogens is 3. The number of nitrogens with one attached hydrogen (secondary N) is 1. The number of hydrogen-bond donors (Lipinski definition) is 3. The molecule has 178 valence electrons. The van der Waals surface area contributed by atoms with Crippen LogP contribution >= 0.6 is 0 Å². The van der Waals surface area contributed by atoms with Gasteiger partial charge in [-0.2, -0.15) is 13.2 Å². The van der Waals surface area contributed by atoms with Crippen molar-refractivity contribution < 1.29 is 22.7 Å². The van der Waals surface area contributed by atoms with E-state index in [0.717, 1.165) is 46.8 Å². The van der Waals surface area contributed by atoms with Gasteiger partial charge in [0.2, 0.25) is 5.88 Å². The van der Waals surface area contributed by atoms with Gasteiger partial charge in [0, 0.05) is 46.9 Å². The maximum Gasteiger partial charge on any atom is 0.416 e. The molecule has 5 N–H and O–H groups in total. The number of fused-ring (bicyclic) bond motifs is 1. The average molecular weight is 471 g/mol. The zero-order valence-corrected chi connectivity index (χ0v) is 18.2. The first-order valence-electron chi connectivity index (χ1n) is 10.3. The molecule has 3 heterocycles. The lowest BCUT2D eigenvalue weighted by Gasteiger charge is -2.05. The van der Waals surface area contributed by atoms with Crippen LogP contribution < -0.4 is 16.2 Å². The Balaban J connectivity index is 0.000000212. The number of aromatic amines is 1. The van der Waals surface area contributed by atoms with Crippen molar-refractivity contribution in [3.05, 3.63) is 66.6 Å². The van der Waals surface area contributed by atoms with E-state index in [1.54, 1.807) is 6.20 Å². The van der Waals surface area contributed by atoms with Crippen LogP contribution in [0.5, 0.6) is 5.88 Å². The Morgan fingerprint density at radius 1 is 1.00 bits per heavy atom. The fourth-order valence-corrected chi connectivity index (χ4v) is 2.98. The highest BCUT2D eigenvalue weighted by atomic mass is 19.4. The summed E-state index contributed by atoms with van der Waals surface area (Å²) in [5.41, 5.74) is 14.3. The molecule has 7 nitrogen and oxygen atoms in total. The van der Waals surface area contributed by atoms with Crippen molar-refractivity contribution in [2.24, 2.45) is 5.92 Å². The lowest BCUT2D eigenvalue weighted by Crippen LogP contribution is -2.04. The number of nitrogens with two attached hydrogens (primary N) is 2. The smallest absolute Gasteiger partial charge is 0.416 e. The molecular weight excluding hydrogens is 447 g/mol. The molecule has 0 atom stereocenters. The molecule has 1 saturated carbocycles. The number of anilines is 2. The van der Waals surface area contributed by atoms with E-state index in [9.17, 15) is 13.2 Å². The van der Waals surface area contributed by atoms with Crippen LogP contribution in [-0.4, -0.2) is 28.3 Å². The van der Waals surface area contributed by atoms with Crippen LogP contribution in [0.3, 0.4) is 0 Å². The number of aromatic nitrogens is 3. The molecule has 1 aliphatic carbocycles. The monoisotopic (exact) mass is 471 g/mol. The third kappa shape index (κ3) is 6.47. The van der Waals surface area contributed by atoms with Gasteiger partial charge in [-0.25, -0.2) is 9.97 Å². The summed E-state index contributed by atoms with van der Waals surface area (Å²) in [5, 5.41) is 0.932. The molecular formula is C24H24F3N5O2. The number of nitrogens with zero attached hydrogens (tertiary/aromatic N) is 2. The lowest BCUT2D eigenvalue weighted by atomic mass is 10.1. The number of carbonyl (C=O) groups excluding carboxylic acids is 1. The van der Waals surface area contributed by atoms with Gasteiger partial charge in [0.1, 0.15) is 12.4 Å². The minimum atomic E-state index is -4.27. The molecule has 4 aromatic rings. The zero-order valence-electron chi connectivity index (χ0n) is 18.2. The van der Waals surface area contributed by atoms with Crippen molar-refractivity contribution in [2.45, 2.75) is 19.0 Å². The third-order valence-electron chi connectivity index (χ3n) is 5.03. The second kappa shape index (κ2) is 10.7. The van der Waals surface area contributed by atoms with E-state index in [4.69, 9.17) is 21.0 Å². The summed E-state index contributed by atoms with van der Waals surface area (Å²) in [4.78, 5) is 19.8. The Bertz CT molecular complexity index is 1200. The quantitative estimate of drug-likeness (QED) is 0.356. The number of ether oxygens (including phenoxy) is 1. The predicted octanol–water partition coefficient (Wildman–Crippen LogP) is 5.10. The molecule has 1 aliphatic rings. The number of H-pyrrole nitrogens is 1. The molecule has 34 heavy (non-hydrogen) atoms. The molecule has 10 heteroatoms. The second-order valence-electron chi connectivity index (χ2n) is 7.62. The normalized spacial score (nSPS) is 12.8. The van der Waals surface area contributed by atoms with Crippen molar-refractivity contribution in [3.63, 3.8) is 0 Å². The average Bonchev–Trinajstić information content (AvgIpc) is 3.61. The van der Waals surface area contributed by atoms with Crippen LogP contribution in [0.15, 0.2) is 61.1 Å². The van der Waals surface area contributed by atoms with E-state index in [-0.39, 0.29) is 0 Å². The van der Waals surface area contributed by atoms with Crippen molar-refractivity contribution in [1.29, 1.82) is 0 Å². The third-order valence-corrected chi connectivity index (χ3v) is 5.03. The molecule has 5 rings (SSSR count). The van der Waals surface area contributed by atoms with Gasteiger partial charge in [0.25, 0.3) is 0 Å². The van der Waals surface area contributed by atoms with E-state index in [1.807, 2.05) is 37.4 Å². The Kier molecular flexibility index (Phi) is 7.72. The summed E-state index contributed by atoms with van der Waals surface area (Å²) in [6.45, 7) is 2.78. The van der Waals surface area contributed by atoms with Crippen molar-refractivity contribution in [3.8, 4) is 17.0 Å². The summed E-state index contributed by atoms with van der Waals surface area (Å²) in [6, 6.07) is 10.3. The minimum Gasteiger partial charge on any atom is -0.477 e. The van der Waals surface area contributed by atoms with Gasteiger partial charge in [0.05, 0.1) is 17.9 Å². The van der Waals surface area contributed by atoms with Gasteiger partial charge < -0.3 is 26.0 Å². The number of benzene rings is 1. The Labute approximate surface area is 194 Å².